The maximum atomic E-state index is 10.6. The maximum Gasteiger partial charge on any atom is 0.167 e. The van der Waals surface area contributed by atoms with E-state index in [4.69, 9.17) is 11.6 Å². The van der Waals surface area contributed by atoms with E-state index in [0.29, 0.717) is 10.7 Å². The minimum Gasteiger partial charge on any atom is -0.351 e. The highest BCUT2D eigenvalue weighted by atomic mass is 35.5. The first kappa shape index (κ1) is 8.32. The Morgan fingerprint density at radius 1 is 1.46 bits per heavy atom. The molecular formula is C10H8ClNO. The summed E-state index contributed by atoms with van der Waals surface area (Å²) < 4.78 is 0. The highest BCUT2D eigenvalue weighted by Gasteiger charge is 2.09. The summed E-state index contributed by atoms with van der Waals surface area (Å²) in [5.41, 5.74) is 2.44. The summed E-state index contributed by atoms with van der Waals surface area (Å²) in [6, 6.07) is 5.80. The van der Waals surface area contributed by atoms with Gasteiger partial charge in [-0.1, -0.05) is 23.7 Å². The molecule has 0 bridgehead atoms. The standard InChI is InChI=1S/C10H8ClNO/c1-6-3-2-4-7-9(6)10(11)8(5-13)12-7/h2-5,12H,1H3. The number of hydrogen-bond donors (Lipinski definition) is 1. The predicted molar refractivity (Wildman–Crippen MR) is 53.4 cm³/mol. The molecule has 0 saturated carbocycles. The SMILES string of the molecule is Cc1cccc2[nH]c(C=O)c(Cl)c12. The first-order valence-corrected chi connectivity index (χ1v) is 4.34. The van der Waals surface area contributed by atoms with Crippen molar-refractivity contribution in [3.05, 3.63) is 34.5 Å². The zero-order valence-electron chi connectivity index (χ0n) is 7.10. The number of nitrogens with one attached hydrogen (secondary N) is 1. The quantitative estimate of drug-likeness (QED) is 0.694. The molecule has 13 heavy (non-hydrogen) atoms. The van der Waals surface area contributed by atoms with Crippen molar-refractivity contribution in [2.24, 2.45) is 0 Å². The van der Waals surface area contributed by atoms with E-state index in [-0.39, 0.29) is 0 Å². The molecule has 2 aromatic rings. The van der Waals surface area contributed by atoms with Crippen LogP contribution in [-0.2, 0) is 0 Å². The number of fused-ring (bicyclic) bond motifs is 1. The number of benzene rings is 1. The number of carbonyl (C=O) groups is 1. The summed E-state index contributed by atoms with van der Waals surface area (Å²) in [5, 5.41) is 1.45. The van der Waals surface area contributed by atoms with Crippen molar-refractivity contribution in [1.82, 2.24) is 4.98 Å². The Hall–Kier alpha value is -1.28. The molecule has 0 radical (unpaired) electrons. The van der Waals surface area contributed by atoms with E-state index in [1.54, 1.807) is 0 Å². The molecule has 0 atom stereocenters. The van der Waals surface area contributed by atoms with Crippen molar-refractivity contribution < 1.29 is 4.79 Å². The molecule has 0 amide bonds. The maximum absolute atomic E-state index is 10.6. The highest BCUT2D eigenvalue weighted by molar-refractivity contribution is 6.38. The normalized spacial score (nSPS) is 10.6. The van der Waals surface area contributed by atoms with Crippen LogP contribution < -0.4 is 0 Å². The fourth-order valence-electron chi connectivity index (χ4n) is 1.48. The van der Waals surface area contributed by atoms with E-state index < -0.39 is 0 Å². The first-order valence-electron chi connectivity index (χ1n) is 3.96. The number of aromatic amines is 1. The van der Waals surface area contributed by atoms with Crippen LogP contribution >= 0.6 is 11.6 Å². The van der Waals surface area contributed by atoms with Crippen LogP contribution in [0.1, 0.15) is 16.1 Å². The number of halogens is 1. The van der Waals surface area contributed by atoms with E-state index in [9.17, 15) is 4.79 Å². The van der Waals surface area contributed by atoms with Gasteiger partial charge in [-0.2, -0.15) is 0 Å². The summed E-state index contributed by atoms with van der Waals surface area (Å²) in [6.45, 7) is 1.97. The molecule has 0 aliphatic carbocycles. The molecule has 66 valence electrons. The van der Waals surface area contributed by atoms with Gasteiger partial charge in [0.1, 0.15) is 0 Å². The molecule has 1 heterocycles. The van der Waals surface area contributed by atoms with Gasteiger partial charge < -0.3 is 4.98 Å². The second-order valence-electron chi connectivity index (χ2n) is 2.97. The number of carbonyl (C=O) groups excluding carboxylic acids is 1. The van der Waals surface area contributed by atoms with E-state index in [1.807, 2.05) is 25.1 Å². The van der Waals surface area contributed by atoms with Gasteiger partial charge in [0.15, 0.2) is 6.29 Å². The first-order chi connectivity index (χ1) is 6.24. The van der Waals surface area contributed by atoms with Crippen LogP contribution in [-0.4, -0.2) is 11.3 Å². The van der Waals surface area contributed by atoms with Gasteiger partial charge in [0.25, 0.3) is 0 Å². The summed E-state index contributed by atoms with van der Waals surface area (Å²) in [6.07, 6.45) is 0.738. The van der Waals surface area contributed by atoms with Gasteiger partial charge in [0, 0.05) is 10.9 Å². The Labute approximate surface area is 80.5 Å². The molecule has 1 N–H and O–H groups in total. The van der Waals surface area contributed by atoms with Gasteiger partial charge in [-0.15, -0.1) is 0 Å². The summed E-state index contributed by atoms with van der Waals surface area (Å²) in [7, 11) is 0. The zero-order valence-corrected chi connectivity index (χ0v) is 7.85. The third-order valence-corrected chi connectivity index (χ3v) is 2.51. The van der Waals surface area contributed by atoms with Crippen molar-refractivity contribution in [3.63, 3.8) is 0 Å². The van der Waals surface area contributed by atoms with Crippen LogP contribution in [0.4, 0.5) is 0 Å². The number of H-pyrrole nitrogens is 1. The Morgan fingerprint density at radius 3 is 2.85 bits per heavy atom. The van der Waals surface area contributed by atoms with E-state index in [1.165, 1.54) is 0 Å². The van der Waals surface area contributed by atoms with Crippen LogP contribution in [0.3, 0.4) is 0 Å². The van der Waals surface area contributed by atoms with Crippen LogP contribution in [0.25, 0.3) is 10.9 Å². The number of rotatable bonds is 1. The van der Waals surface area contributed by atoms with Gasteiger partial charge in [0.2, 0.25) is 0 Å². The number of hydrogen-bond acceptors (Lipinski definition) is 1. The van der Waals surface area contributed by atoms with Crippen LogP contribution in [0.5, 0.6) is 0 Å². The Morgan fingerprint density at radius 2 is 2.23 bits per heavy atom. The van der Waals surface area contributed by atoms with Crippen molar-refractivity contribution in [2.45, 2.75) is 6.92 Å². The van der Waals surface area contributed by atoms with Crippen molar-refractivity contribution >= 4 is 28.8 Å². The molecule has 0 aliphatic rings. The Bertz CT molecular complexity index is 473. The second kappa shape index (κ2) is 2.89. The molecule has 1 aromatic carbocycles. The third-order valence-electron chi connectivity index (χ3n) is 2.12. The second-order valence-corrected chi connectivity index (χ2v) is 3.35. The van der Waals surface area contributed by atoms with E-state index >= 15 is 0 Å². The molecule has 0 saturated heterocycles. The van der Waals surface area contributed by atoms with Crippen LogP contribution in [0.2, 0.25) is 5.02 Å². The van der Waals surface area contributed by atoms with Gasteiger partial charge in [0.05, 0.1) is 10.7 Å². The fourth-order valence-corrected chi connectivity index (χ4v) is 1.82. The van der Waals surface area contributed by atoms with Crippen LogP contribution in [0.15, 0.2) is 18.2 Å². The lowest BCUT2D eigenvalue weighted by Gasteiger charge is -1.94. The summed E-state index contributed by atoms with van der Waals surface area (Å²) in [4.78, 5) is 13.5. The monoisotopic (exact) mass is 193 g/mol. The molecule has 0 fully saturated rings. The lowest BCUT2D eigenvalue weighted by molar-refractivity contribution is 0.112. The minimum atomic E-state index is 0.450. The molecular weight excluding hydrogens is 186 g/mol. The van der Waals surface area contributed by atoms with E-state index in [2.05, 4.69) is 4.98 Å². The average Bonchev–Trinajstić information content (AvgIpc) is 2.44. The molecule has 0 spiro atoms. The number of aryl methyl sites for hydroxylation is 1. The lowest BCUT2D eigenvalue weighted by Crippen LogP contribution is -1.76. The smallest absolute Gasteiger partial charge is 0.167 e. The van der Waals surface area contributed by atoms with Gasteiger partial charge in [-0.25, -0.2) is 0 Å². The highest BCUT2D eigenvalue weighted by Crippen LogP contribution is 2.28. The number of aromatic nitrogens is 1. The fraction of sp³-hybridized carbons (Fsp3) is 0.100. The van der Waals surface area contributed by atoms with Gasteiger partial charge in [-0.05, 0) is 18.6 Å². The molecule has 2 rings (SSSR count). The lowest BCUT2D eigenvalue weighted by atomic mass is 10.1. The van der Waals surface area contributed by atoms with Crippen molar-refractivity contribution in [1.29, 1.82) is 0 Å². The van der Waals surface area contributed by atoms with Crippen LogP contribution in [0, 0.1) is 6.92 Å². The Balaban J connectivity index is 2.92. The van der Waals surface area contributed by atoms with Gasteiger partial charge >= 0.3 is 0 Å². The van der Waals surface area contributed by atoms with Crippen molar-refractivity contribution in [2.75, 3.05) is 0 Å². The molecule has 2 nitrogen and oxygen atoms in total. The average molecular weight is 194 g/mol. The largest absolute Gasteiger partial charge is 0.351 e. The van der Waals surface area contributed by atoms with Crippen molar-refractivity contribution in [3.8, 4) is 0 Å². The molecule has 0 aliphatic heterocycles. The topological polar surface area (TPSA) is 32.9 Å². The Kier molecular flexibility index (Phi) is 1.85. The summed E-state index contributed by atoms with van der Waals surface area (Å²) >= 11 is 6.00. The minimum absolute atomic E-state index is 0.450. The zero-order chi connectivity index (χ0) is 9.42. The van der Waals surface area contributed by atoms with E-state index in [0.717, 1.165) is 22.8 Å². The molecule has 0 unspecified atom stereocenters. The molecule has 1 aromatic heterocycles. The number of aldehydes is 1. The van der Waals surface area contributed by atoms with Gasteiger partial charge in [-0.3, -0.25) is 4.79 Å². The molecule has 3 heteroatoms. The third kappa shape index (κ3) is 1.14. The summed E-state index contributed by atoms with van der Waals surface area (Å²) in [5.74, 6) is 0. The predicted octanol–water partition coefficient (Wildman–Crippen LogP) is 2.94.